The van der Waals surface area contributed by atoms with Crippen LogP contribution in [0.3, 0.4) is 0 Å². The predicted octanol–water partition coefficient (Wildman–Crippen LogP) is 2.27. The Kier molecular flexibility index (Phi) is 4.69. The predicted molar refractivity (Wildman–Crippen MR) is 78.8 cm³/mol. The van der Waals surface area contributed by atoms with Crippen molar-refractivity contribution in [2.75, 3.05) is 18.9 Å². The summed E-state index contributed by atoms with van der Waals surface area (Å²) >= 11 is 5.83. The van der Waals surface area contributed by atoms with Crippen LogP contribution in [0.15, 0.2) is 18.2 Å². The molecule has 3 N–H and O–H groups in total. The number of amides is 2. The minimum Gasteiger partial charge on any atom is -0.478 e. The lowest BCUT2D eigenvalue weighted by atomic mass is 9.82. The fourth-order valence-corrected chi connectivity index (χ4v) is 2.51. The second-order valence-electron chi connectivity index (χ2n) is 5.30. The van der Waals surface area contributed by atoms with Crippen LogP contribution in [-0.4, -0.2) is 46.8 Å². The molecule has 0 bridgehead atoms. The first kappa shape index (κ1) is 15.6. The molecule has 0 radical (unpaired) electrons. The van der Waals surface area contributed by atoms with E-state index in [4.69, 9.17) is 16.7 Å². The monoisotopic (exact) mass is 312 g/mol. The van der Waals surface area contributed by atoms with Gasteiger partial charge in [0.2, 0.25) is 0 Å². The highest BCUT2D eigenvalue weighted by Gasteiger charge is 2.29. The maximum absolute atomic E-state index is 12.1. The molecule has 0 unspecified atom stereocenters. The van der Waals surface area contributed by atoms with E-state index in [9.17, 15) is 14.7 Å². The zero-order valence-corrected chi connectivity index (χ0v) is 12.3. The average Bonchev–Trinajstić information content (AvgIpc) is 2.36. The molecule has 1 fully saturated rings. The van der Waals surface area contributed by atoms with Gasteiger partial charge in [0.25, 0.3) is 0 Å². The fourth-order valence-electron chi connectivity index (χ4n) is 2.34. The molecule has 1 saturated carbocycles. The van der Waals surface area contributed by atoms with Gasteiger partial charge in [-0.3, -0.25) is 0 Å². The van der Waals surface area contributed by atoms with Gasteiger partial charge in [-0.05, 0) is 37.0 Å². The number of halogens is 1. The Bertz CT molecular complexity index is 558. The molecule has 1 aliphatic rings. The standard InChI is InChI=1S/C14H17ClN2O4/c1-17(7-8-4-10(18)5-8)14(21)16-12-6-9(15)2-3-11(12)13(19)20/h2-3,6,8,10,18H,4-5,7H2,1H3,(H,16,21)(H,19,20). The maximum atomic E-state index is 12.1. The van der Waals surface area contributed by atoms with E-state index in [2.05, 4.69) is 5.32 Å². The van der Waals surface area contributed by atoms with Crippen molar-refractivity contribution in [3.8, 4) is 0 Å². The molecule has 21 heavy (non-hydrogen) atoms. The van der Waals surface area contributed by atoms with Gasteiger partial charge in [0.15, 0.2) is 0 Å². The summed E-state index contributed by atoms with van der Waals surface area (Å²) in [6, 6.07) is 3.81. The molecule has 2 rings (SSSR count). The van der Waals surface area contributed by atoms with E-state index in [-0.39, 0.29) is 23.3 Å². The molecule has 0 saturated heterocycles. The van der Waals surface area contributed by atoms with Crippen LogP contribution < -0.4 is 5.32 Å². The first-order valence-corrected chi connectivity index (χ1v) is 6.97. The number of anilines is 1. The molecule has 1 aromatic rings. The van der Waals surface area contributed by atoms with E-state index in [1.807, 2.05) is 0 Å². The van der Waals surface area contributed by atoms with Gasteiger partial charge in [0.1, 0.15) is 0 Å². The number of aliphatic hydroxyl groups excluding tert-OH is 1. The van der Waals surface area contributed by atoms with Crippen molar-refractivity contribution in [2.45, 2.75) is 18.9 Å². The van der Waals surface area contributed by atoms with Crippen LogP contribution in [0.25, 0.3) is 0 Å². The molecular formula is C14H17ClN2O4. The molecule has 1 aliphatic carbocycles. The fraction of sp³-hybridized carbons (Fsp3) is 0.429. The number of hydrogen-bond donors (Lipinski definition) is 3. The molecular weight excluding hydrogens is 296 g/mol. The molecule has 7 heteroatoms. The van der Waals surface area contributed by atoms with Gasteiger partial charge in [-0.15, -0.1) is 0 Å². The van der Waals surface area contributed by atoms with Gasteiger partial charge in [-0.25, -0.2) is 9.59 Å². The van der Waals surface area contributed by atoms with E-state index in [0.717, 1.165) is 0 Å². The van der Waals surface area contributed by atoms with Crippen molar-refractivity contribution >= 4 is 29.3 Å². The number of hydrogen-bond acceptors (Lipinski definition) is 3. The van der Waals surface area contributed by atoms with Crippen LogP contribution in [0.4, 0.5) is 10.5 Å². The van der Waals surface area contributed by atoms with E-state index in [0.29, 0.717) is 24.4 Å². The largest absolute Gasteiger partial charge is 0.478 e. The maximum Gasteiger partial charge on any atom is 0.337 e. The third kappa shape index (κ3) is 3.86. The van der Waals surface area contributed by atoms with Gasteiger partial charge >= 0.3 is 12.0 Å². The molecule has 114 valence electrons. The summed E-state index contributed by atoms with van der Waals surface area (Å²) in [7, 11) is 1.63. The van der Waals surface area contributed by atoms with Crippen molar-refractivity contribution in [2.24, 2.45) is 5.92 Å². The van der Waals surface area contributed by atoms with Crippen LogP contribution >= 0.6 is 11.6 Å². The van der Waals surface area contributed by atoms with Crippen LogP contribution in [0.5, 0.6) is 0 Å². The van der Waals surface area contributed by atoms with Crippen molar-refractivity contribution in [3.63, 3.8) is 0 Å². The van der Waals surface area contributed by atoms with Crippen LogP contribution in [0.1, 0.15) is 23.2 Å². The summed E-state index contributed by atoms with van der Waals surface area (Å²) < 4.78 is 0. The zero-order chi connectivity index (χ0) is 15.6. The van der Waals surface area contributed by atoms with E-state index >= 15 is 0 Å². The number of carboxylic acid groups (broad SMARTS) is 1. The second-order valence-corrected chi connectivity index (χ2v) is 5.73. The Hall–Kier alpha value is -1.79. The van der Waals surface area contributed by atoms with Crippen molar-refractivity contribution in [1.82, 2.24) is 4.90 Å². The van der Waals surface area contributed by atoms with Gasteiger partial charge < -0.3 is 20.4 Å². The van der Waals surface area contributed by atoms with Gasteiger partial charge in [-0.1, -0.05) is 11.6 Å². The van der Waals surface area contributed by atoms with Crippen molar-refractivity contribution in [1.29, 1.82) is 0 Å². The van der Waals surface area contributed by atoms with Gasteiger partial charge in [0.05, 0.1) is 17.4 Å². The number of aromatic carboxylic acids is 1. The van der Waals surface area contributed by atoms with Crippen LogP contribution in [-0.2, 0) is 0 Å². The summed E-state index contributed by atoms with van der Waals surface area (Å²) in [4.78, 5) is 24.7. The average molecular weight is 313 g/mol. The number of benzene rings is 1. The third-order valence-corrected chi connectivity index (χ3v) is 3.78. The Morgan fingerprint density at radius 2 is 2.10 bits per heavy atom. The number of nitrogens with zero attached hydrogens (tertiary/aromatic N) is 1. The lowest BCUT2D eigenvalue weighted by Gasteiger charge is -2.34. The first-order valence-electron chi connectivity index (χ1n) is 6.60. The third-order valence-electron chi connectivity index (χ3n) is 3.54. The van der Waals surface area contributed by atoms with Gasteiger partial charge in [-0.2, -0.15) is 0 Å². The number of urea groups is 1. The number of carboxylic acids is 1. The Labute approximate surface area is 127 Å². The minimum atomic E-state index is -1.13. The molecule has 0 aromatic heterocycles. The van der Waals surface area contributed by atoms with Crippen LogP contribution in [0, 0.1) is 5.92 Å². The molecule has 0 aliphatic heterocycles. The lowest BCUT2D eigenvalue weighted by molar-refractivity contribution is 0.0332. The highest BCUT2D eigenvalue weighted by atomic mass is 35.5. The Morgan fingerprint density at radius 1 is 1.43 bits per heavy atom. The Balaban J connectivity index is 2.01. The normalized spacial score (nSPS) is 20.5. The van der Waals surface area contributed by atoms with E-state index in [1.165, 1.54) is 23.1 Å². The Morgan fingerprint density at radius 3 is 2.67 bits per heavy atom. The van der Waals surface area contributed by atoms with Crippen LogP contribution in [0.2, 0.25) is 5.02 Å². The number of carbonyl (C=O) groups excluding carboxylic acids is 1. The molecule has 0 spiro atoms. The number of aliphatic hydroxyl groups is 1. The summed E-state index contributed by atoms with van der Waals surface area (Å²) in [6.45, 7) is 0.520. The number of nitrogens with one attached hydrogen (secondary N) is 1. The number of carbonyl (C=O) groups is 2. The second kappa shape index (κ2) is 6.32. The van der Waals surface area contributed by atoms with E-state index < -0.39 is 12.0 Å². The molecule has 1 aromatic carbocycles. The summed E-state index contributed by atoms with van der Waals surface area (Å²) in [6.07, 6.45) is 1.11. The smallest absolute Gasteiger partial charge is 0.337 e. The first-order chi connectivity index (χ1) is 9.86. The summed E-state index contributed by atoms with van der Waals surface area (Å²) in [5, 5.41) is 21.2. The number of rotatable bonds is 4. The summed E-state index contributed by atoms with van der Waals surface area (Å²) in [5.41, 5.74) is 0.153. The minimum absolute atomic E-state index is 0.0137. The zero-order valence-electron chi connectivity index (χ0n) is 11.5. The van der Waals surface area contributed by atoms with Gasteiger partial charge in [0, 0.05) is 18.6 Å². The highest BCUT2D eigenvalue weighted by molar-refractivity contribution is 6.31. The van der Waals surface area contributed by atoms with E-state index in [1.54, 1.807) is 7.05 Å². The topological polar surface area (TPSA) is 89.9 Å². The van der Waals surface area contributed by atoms with Crippen molar-refractivity contribution < 1.29 is 19.8 Å². The molecule has 0 heterocycles. The molecule has 0 atom stereocenters. The highest BCUT2D eigenvalue weighted by Crippen LogP contribution is 2.28. The molecule has 6 nitrogen and oxygen atoms in total. The quantitative estimate of drug-likeness (QED) is 0.795. The van der Waals surface area contributed by atoms with Crippen molar-refractivity contribution in [3.05, 3.63) is 28.8 Å². The SMILES string of the molecule is CN(CC1CC(O)C1)C(=O)Nc1cc(Cl)ccc1C(=O)O. The molecule has 2 amide bonds. The lowest BCUT2D eigenvalue weighted by Crippen LogP contribution is -2.41. The summed E-state index contributed by atoms with van der Waals surface area (Å²) in [5.74, 6) is -0.846.